The number of hydrogen-bond donors (Lipinski definition) is 1. The first-order valence-electron chi connectivity index (χ1n) is 7.74. The zero-order valence-corrected chi connectivity index (χ0v) is 12.8. The average molecular weight is 285 g/mol. The molecular formula is C18H23NO2. The summed E-state index contributed by atoms with van der Waals surface area (Å²) in [6.45, 7) is 4.71. The zero-order chi connectivity index (χ0) is 14.7. The molecule has 2 aromatic rings. The van der Waals surface area contributed by atoms with Gasteiger partial charge < -0.3 is 14.8 Å². The van der Waals surface area contributed by atoms with Crippen molar-refractivity contribution in [1.29, 1.82) is 0 Å². The molecule has 0 fully saturated rings. The molecule has 2 aromatic carbocycles. The van der Waals surface area contributed by atoms with Gasteiger partial charge in [-0.3, -0.25) is 0 Å². The highest BCUT2D eigenvalue weighted by Crippen LogP contribution is 2.36. The van der Waals surface area contributed by atoms with E-state index in [0.29, 0.717) is 0 Å². The minimum Gasteiger partial charge on any atom is -0.496 e. The number of rotatable bonds is 4. The lowest BCUT2D eigenvalue weighted by molar-refractivity contribution is 0.121. The Labute approximate surface area is 126 Å². The molecule has 21 heavy (non-hydrogen) atoms. The van der Waals surface area contributed by atoms with Crippen LogP contribution in [0, 0.1) is 0 Å². The second-order valence-electron chi connectivity index (χ2n) is 5.52. The molecule has 1 aliphatic heterocycles. The van der Waals surface area contributed by atoms with Gasteiger partial charge in [0.15, 0.2) is 0 Å². The Morgan fingerprint density at radius 1 is 1.29 bits per heavy atom. The van der Waals surface area contributed by atoms with Crippen LogP contribution < -0.4 is 10.1 Å². The van der Waals surface area contributed by atoms with Gasteiger partial charge in [-0.25, -0.2) is 0 Å². The first-order chi connectivity index (χ1) is 10.3. The van der Waals surface area contributed by atoms with Gasteiger partial charge in [0, 0.05) is 5.39 Å². The Morgan fingerprint density at radius 2 is 2.10 bits per heavy atom. The maximum Gasteiger partial charge on any atom is 0.127 e. The van der Waals surface area contributed by atoms with E-state index in [1.807, 2.05) is 0 Å². The number of hydrogen-bond acceptors (Lipinski definition) is 3. The molecule has 0 radical (unpaired) electrons. The van der Waals surface area contributed by atoms with Gasteiger partial charge >= 0.3 is 0 Å². The minimum absolute atomic E-state index is 0.251. The lowest BCUT2D eigenvalue weighted by atomic mass is 9.92. The molecule has 0 spiro atoms. The van der Waals surface area contributed by atoms with Gasteiger partial charge in [-0.05, 0) is 42.0 Å². The monoisotopic (exact) mass is 285 g/mol. The number of nitrogens with one attached hydrogen (secondary N) is 1. The number of methoxy groups -OCH3 is 1. The van der Waals surface area contributed by atoms with Gasteiger partial charge in [0.05, 0.1) is 26.4 Å². The van der Waals surface area contributed by atoms with Gasteiger partial charge in [-0.2, -0.15) is 0 Å². The van der Waals surface area contributed by atoms with Crippen LogP contribution in [-0.4, -0.2) is 26.9 Å². The van der Waals surface area contributed by atoms with Gasteiger partial charge in [-0.15, -0.1) is 0 Å². The fraction of sp³-hybridized carbons (Fsp3) is 0.444. The van der Waals surface area contributed by atoms with E-state index >= 15 is 0 Å². The maximum absolute atomic E-state index is 5.81. The van der Waals surface area contributed by atoms with Gasteiger partial charge in [-0.1, -0.05) is 31.2 Å². The lowest BCUT2D eigenvalue weighted by Crippen LogP contribution is -2.26. The van der Waals surface area contributed by atoms with Gasteiger partial charge in [0.2, 0.25) is 0 Å². The van der Waals surface area contributed by atoms with E-state index in [9.17, 15) is 0 Å². The first kappa shape index (κ1) is 14.4. The molecule has 1 heterocycles. The third kappa shape index (κ3) is 2.76. The fourth-order valence-corrected chi connectivity index (χ4v) is 3.13. The van der Waals surface area contributed by atoms with Crippen LogP contribution in [0.3, 0.4) is 0 Å². The standard InChI is InChI=1S/C18H23NO2/c1-3-9-19-17-12-21-10-8-14-13-6-4-5-7-15(13)18(20-2)11-16(14)17/h4-7,11,17,19H,3,8-10,12H2,1-2H3. The highest BCUT2D eigenvalue weighted by atomic mass is 16.5. The van der Waals surface area contributed by atoms with Crippen LogP contribution in [0.15, 0.2) is 30.3 Å². The first-order valence-corrected chi connectivity index (χ1v) is 7.74. The summed E-state index contributed by atoms with van der Waals surface area (Å²) in [6, 6.07) is 10.9. The summed E-state index contributed by atoms with van der Waals surface area (Å²) < 4.78 is 11.4. The molecule has 3 heteroatoms. The van der Waals surface area contributed by atoms with Crippen LogP contribution in [-0.2, 0) is 11.2 Å². The van der Waals surface area contributed by atoms with Crippen molar-refractivity contribution >= 4 is 10.8 Å². The minimum atomic E-state index is 0.251. The van der Waals surface area contributed by atoms with E-state index in [1.54, 1.807) is 7.11 Å². The molecule has 1 N–H and O–H groups in total. The lowest BCUT2D eigenvalue weighted by Gasteiger charge is -2.21. The molecule has 0 aromatic heterocycles. The van der Waals surface area contributed by atoms with Crippen molar-refractivity contribution < 1.29 is 9.47 Å². The van der Waals surface area contributed by atoms with E-state index < -0.39 is 0 Å². The molecule has 0 bridgehead atoms. The Kier molecular flexibility index (Phi) is 4.42. The average Bonchev–Trinajstić information content (AvgIpc) is 2.74. The molecule has 0 aliphatic carbocycles. The Balaban J connectivity index is 2.15. The van der Waals surface area contributed by atoms with E-state index in [-0.39, 0.29) is 6.04 Å². The number of ether oxygens (including phenoxy) is 2. The third-order valence-electron chi connectivity index (χ3n) is 4.17. The van der Waals surface area contributed by atoms with Crippen molar-refractivity contribution in [1.82, 2.24) is 5.32 Å². The summed E-state index contributed by atoms with van der Waals surface area (Å²) in [4.78, 5) is 0. The predicted octanol–water partition coefficient (Wildman–Crippen LogP) is 3.46. The number of benzene rings is 2. The van der Waals surface area contributed by atoms with Crippen molar-refractivity contribution in [2.45, 2.75) is 25.8 Å². The third-order valence-corrected chi connectivity index (χ3v) is 4.17. The Hall–Kier alpha value is -1.58. The highest BCUT2D eigenvalue weighted by Gasteiger charge is 2.22. The van der Waals surface area contributed by atoms with Crippen LogP contribution in [0.25, 0.3) is 10.8 Å². The highest BCUT2D eigenvalue weighted by molar-refractivity contribution is 5.92. The van der Waals surface area contributed by atoms with Crippen LogP contribution in [0.1, 0.15) is 30.5 Å². The molecule has 0 saturated heterocycles. The Bertz CT molecular complexity index is 624. The fourth-order valence-electron chi connectivity index (χ4n) is 3.13. The van der Waals surface area contributed by atoms with E-state index in [1.165, 1.54) is 21.9 Å². The zero-order valence-electron chi connectivity index (χ0n) is 12.8. The molecule has 3 rings (SSSR count). The van der Waals surface area contributed by atoms with E-state index in [0.717, 1.165) is 38.3 Å². The SMILES string of the molecule is CCCNC1COCCc2c1cc(OC)c1ccccc21. The molecule has 1 unspecified atom stereocenters. The topological polar surface area (TPSA) is 30.5 Å². The number of fused-ring (bicyclic) bond motifs is 3. The molecule has 112 valence electrons. The summed E-state index contributed by atoms with van der Waals surface area (Å²) in [5, 5.41) is 6.08. The van der Waals surface area contributed by atoms with E-state index in [2.05, 4.69) is 42.6 Å². The Morgan fingerprint density at radius 3 is 2.86 bits per heavy atom. The van der Waals surface area contributed by atoms with Crippen molar-refractivity contribution in [3.8, 4) is 5.75 Å². The molecule has 3 nitrogen and oxygen atoms in total. The molecule has 1 atom stereocenters. The van der Waals surface area contributed by atoms with Crippen molar-refractivity contribution in [3.05, 3.63) is 41.5 Å². The second-order valence-corrected chi connectivity index (χ2v) is 5.52. The molecule has 0 amide bonds. The van der Waals surface area contributed by atoms with Crippen LogP contribution >= 0.6 is 0 Å². The van der Waals surface area contributed by atoms with Crippen molar-refractivity contribution in [2.75, 3.05) is 26.9 Å². The quantitative estimate of drug-likeness (QED) is 0.933. The molecule has 0 saturated carbocycles. The summed E-state index contributed by atoms with van der Waals surface area (Å²) >= 11 is 0. The van der Waals surface area contributed by atoms with Crippen LogP contribution in [0.5, 0.6) is 5.75 Å². The second kappa shape index (κ2) is 6.46. The summed E-state index contributed by atoms with van der Waals surface area (Å²) in [7, 11) is 1.75. The summed E-state index contributed by atoms with van der Waals surface area (Å²) in [5.41, 5.74) is 2.73. The van der Waals surface area contributed by atoms with Gasteiger partial charge in [0.1, 0.15) is 5.75 Å². The predicted molar refractivity (Wildman–Crippen MR) is 86.1 cm³/mol. The maximum atomic E-state index is 5.81. The normalized spacial score (nSPS) is 18.3. The van der Waals surface area contributed by atoms with Gasteiger partial charge in [0.25, 0.3) is 0 Å². The van der Waals surface area contributed by atoms with Crippen LogP contribution in [0.4, 0.5) is 0 Å². The molecular weight excluding hydrogens is 262 g/mol. The van der Waals surface area contributed by atoms with Crippen LogP contribution in [0.2, 0.25) is 0 Å². The summed E-state index contributed by atoms with van der Waals surface area (Å²) in [6.07, 6.45) is 2.08. The largest absolute Gasteiger partial charge is 0.496 e. The summed E-state index contributed by atoms with van der Waals surface area (Å²) in [5.74, 6) is 0.953. The van der Waals surface area contributed by atoms with E-state index in [4.69, 9.17) is 9.47 Å². The smallest absolute Gasteiger partial charge is 0.127 e. The van der Waals surface area contributed by atoms with Crippen molar-refractivity contribution in [3.63, 3.8) is 0 Å². The molecule has 1 aliphatic rings. The van der Waals surface area contributed by atoms with Crippen molar-refractivity contribution in [2.24, 2.45) is 0 Å².